The van der Waals surface area contributed by atoms with Gasteiger partial charge < -0.3 is 0 Å². The summed E-state index contributed by atoms with van der Waals surface area (Å²) >= 11 is 14.4. The second-order valence-corrected chi connectivity index (χ2v) is 5.02. The molecule has 15 heavy (non-hydrogen) atoms. The summed E-state index contributed by atoms with van der Waals surface area (Å²) in [5, 5.41) is 1.24. The van der Waals surface area contributed by atoms with Crippen LogP contribution in [0.2, 0.25) is 10.0 Å². The number of rotatable bonds is 1. The van der Waals surface area contributed by atoms with Crippen molar-refractivity contribution >= 4 is 45.8 Å². The third kappa shape index (κ3) is 2.44. The smallest absolute Gasteiger partial charge is 0.0732 e. The average molecular weight is 350 g/mol. The fourth-order valence-electron chi connectivity index (χ4n) is 1.27. The molecule has 0 bridgehead atoms. The molecule has 0 aliphatic carbocycles. The van der Waals surface area contributed by atoms with E-state index in [1.165, 1.54) is 0 Å². The van der Waals surface area contributed by atoms with Crippen LogP contribution in [0, 0.1) is 3.57 Å². The molecule has 0 saturated heterocycles. The van der Waals surface area contributed by atoms with Gasteiger partial charge in [-0.25, -0.2) is 0 Å². The summed E-state index contributed by atoms with van der Waals surface area (Å²) in [6, 6.07) is 9.32. The molecule has 4 heteroatoms. The molecule has 0 aliphatic heterocycles. The minimum Gasteiger partial charge on any atom is -0.255 e. The molecule has 0 spiro atoms. The predicted molar refractivity (Wildman–Crippen MR) is 72.4 cm³/mol. The van der Waals surface area contributed by atoms with Crippen LogP contribution in [-0.4, -0.2) is 4.98 Å². The van der Waals surface area contributed by atoms with Crippen molar-refractivity contribution < 1.29 is 0 Å². The molecule has 1 aromatic carbocycles. The summed E-state index contributed by atoms with van der Waals surface area (Å²) in [6.45, 7) is 0. The maximum Gasteiger partial charge on any atom is 0.0732 e. The van der Waals surface area contributed by atoms with Crippen molar-refractivity contribution in [1.82, 2.24) is 4.98 Å². The Morgan fingerprint density at radius 1 is 1.00 bits per heavy atom. The topological polar surface area (TPSA) is 12.9 Å². The minimum absolute atomic E-state index is 0.621. The number of hydrogen-bond acceptors (Lipinski definition) is 1. The van der Waals surface area contributed by atoms with Crippen molar-refractivity contribution in [3.8, 4) is 11.3 Å². The van der Waals surface area contributed by atoms with Crippen LogP contribution in [0.5, 0.6) is 0 Å². The molecule has 0 amide bonds. The van der Waals surface area contributed by atoms with Crippen molar-refractivity contribution in [3.63, 3.8) is 0 Å². The molecule has 2 rings (SSSR count). The first-order valence-corrected chi connectivity index (χ1v) is 6.08. The van der Waals surface area contributed by atoms with Gasteiger partial charge in [-0.3, -0.25) is 4.98 Å². The molecule has 1 heterocycles. The van der Waals surface area contributed by atoms with E-state index in [1.807, 2.05) is 30.3 Å². The summed E-state index contributed by atoms with van der Waals surface area (Å²) in [5.41, 5.74) is 1.59. The minimum atomic E-state index is 0.621. The lowest BCUT2D eigenvalue weighted by molar-refractivity contribution is 1.31. The van der Waals surface area contributed by atoms with Crippen LogP contribution >= 0.6 is 45.8 Å². The Balaban J connectivity index is 2.58. The van der Waals surface area contributed by atoms with E-state index in [4.69, 9.17) is 23.2 Å². The molecule has 2 aromatic rings. The summed E-state index contributed by atoms with van der Waals surface area (Å²) in [4.78, 5) is 4.29. The molecular weight excluding hydrogens is 344 g/mol. The Kier molecular flexibility index (Phi) is 3.49. The van der Waals surface area contributed by atoms with E-state index in [0.29, 0.717) is 10.0 Å². The molecule has 0 N–H and O–H groups in total. The van der Waals surface area contributed by atoms with Crippen molar-refractivity contribution in [2.24, 2.45) is 0 Å². The summed E-state index contributed by atoms with van der Waals surface area (Å²) in [5.74, 6) is 0. The molecule has 0 saturated carbocycles. The highest BCUT2D eigenvalue weighted by Crippen LogP contribution is 2.33. The molecule has 0 radical (unpaired) electrons. The monoisotopic (exact) mass is 349 g/mol. The van der Waals surface area contributed by atoms with Crippen LogP contribution in [0.15, 0.2) is 36.5 Å². The normalized spacial score (nSPS) is 10.3. The van der Waals surface area contributed by atoms with Crippen LogP contribution in [0.4, 0.5) is 0 Å². The van der Waals surface area contributed by atoms with Crippen LogP contribution in [0.3, 0.4) is 0 Å². The second kappa shape index (κ2) is 4.68. The molecule has 1 nitrogen and oxygen atoms in total. The molecular formula is C11H6Cl2IN. The Hall–Kier alpha value is -0.320. The van der Waals surface area contributed by atoms with Gasteiger partial charge in [-0.1, -0.05) is 29.3 Å². The number of aromatic nitrogens is 1. The molecule has 0 atom stereocenters. The third-order valence-electron chi connectivity index (χ3n) is 1.95. The van der Waals surface area contributed by atoms with Gasteiger partial charge in [0.2, 0.25) is 0 Å². The first kappa shape index (κ1) is 11.2. The lowest BCUT2D eigenvalue weighted by atomic mass is 10.1. The van der Waals surface area contributed by atoms with Gasteiger partial charge in [-0.05, 0) is 46.9 Å². The first-order chi connectivity index (χ1) is 7.18. The lowest BCUT2D eigenvalue weighted by Gasteiger charge is -2.05. The Labute approximate surface area is 112 Å². The molecule has 1 aromatic heterocycles. The van der Waals surface area contributed by atoms with Crippen molar-refractivity contribution in [3.05, 3.63) is 50.1 Å². The van der Waals surface area contributed by atoms with E-state index in [2.05, 4.69) is 27.6 Å². The van der Waals surface area contributed by atoms with E-state index in [9.17, 15) is 0 Å². The number of pyridine rings is 1. The Morgan fingerprint density at radius 3 is 2.20 bits per heavy atom. The van der Waals surface area contributed by atoms with Gasteiger partial charge in [0.15, 0.2) is 0 Å². The highest BCUT2D eigenvalue weighted by Gasteiger charge is 2.08. The zero-order valence-corrected chi connectivity index (χ0v) is 11.2. The van der Waals surface area contributed by atoms with Crippen molar-refractivity contribution in [2.45, 2.75) is 0 Å². The lowest BCUT2D eigenvalue weighted by Crippen LogP contribution is -1.86. The second-order valence-electron chi connectivity index (χ2n) is 2.96. The molecule has 76 valence electrons. The third-order valence-corrected chi connectivity index (χ3v) is 3.21. The van der Waals surface area contributed by atoms with Gasteiger partial charge in [0.1, 0.15) is 0 Å². The quantitative estimate of drug-likeness (QED) is 0.682. The number of hydrogen-bond donors (Lipinski definition) is 0. The predicted octanol–water partition coefficient (Wildman–Crippen LogP) is 4.66. The highest BCUT2D eigenvalue weighted by atomic mass is 127. The van der Waals surface area contributed by atoms with Crippen molar-refractivity contribution in [1.29, 1.82) is 0 Å². The molecule has 0 unspecified atom stereocenters. The van der Waals surface area contributed by atoms with E-state index < -0.39 is 0 Å². The van der Waals surface area contributed by atoms with Crippen LogP contribution in [0.1, 0.15) is 0 Å². The number of halogens is 3. The zero-order chi connectivity index (χ0) is 10.8. The van der Waals surface area contributed by atoms with Crippen LogP contribution < -0.4 is 0 Å². The SMILES string of the molecule is Clc1cccc(Cl)c1-c1ccc(I)cn1. The summed E-state index contributed by atoms with van der Waals surface area (Å²) < 4.78 is 1.08. The first-order valence-electron chi connectivity index (χ1n) is 4.24. The van der Waals surface area contributed by atoms with E-state index in [1.54, 1.807) is 6.20 Å². The van der Waals surface area contributed by atoms with Gasteiger partial charge in [0, 0.05) is 15.3 Å². The fourth-order valence-corrected chi connectivity index (χ4v) is 2.18. The average Bonchev–Trinajstić information content (AvgIpc) is 2.20. The zero-order valence-electron chi connectivity index (χ0n) is 7.55. The van der Waals surface area contributed by atoms with Gasteiger partial charge in [0.05, 0.1) is 15.7 Å². The fraction of sp³-hybridized carbons (Fsp3) is 0. The number of nitrogens with zero attached hydrogens (tertiary/aromatic N) is 1. The van der Waals surface area contributed by atoms with Gasteiger partial charge in [0.25, 0.3) is 0 Å². The van der Waals surface area contributed by atoms with Gasteiger partial charge >= 0.3 is 0 Å². The number of benzene rings is 1. The maximum absolute atomic E-state index is 6.08. The van der Waals surface area contributed by atoms with Crippen molar-refractivity contribution in [2.75, 3.05) is 0 Å². The van der Waals surface area contributed by atoms with Crippen LogP contribution in [-0.2, 0) is 0 Å². The van der Waals surface area contributed by atoms with E-state index >= 15 is 0 Å². The van der Waals surface area contributed by atoms with Crippen LogP contribution in [0.25, 0.3) is 11.3 Å². The largest absolute Gasteiger partial charge is 0.255 e. The standard InChI is InChI=1S/C11H6Cl2IN/c12-8-2-1-3-9(13)11(8)10-5-4-7(14)6-15-10/h1-6H. The Bertz CT molecular complexity index is 462. The van der Waals surface area contributed by atoms with Gasteiger partial charge in [-0.2, -0.15) is 0 Å². The maximum atomic E-state index is 6.08. The Morgan fingerprint density at radius 2 is 1.67 bits per heavy atom. The van der Waals surface area contributed by atoms with Gasteiger partial charge in [-0.15, -0.1) is 0 Å². The summed E-state index contributed by atoms with van der Waals surface area (Å²) in [7, 11) is 0. The molecule has 0 aliphatic rings. The highest BCUT2D eigenvalue weighted by molar-refractivity contribution is 14.1. The molecule has 0 fully saturated rings. The summed E-state index contributed by atoms with van der Waals surface area (Å²) in [6.07, 6.45) is 1.79. The van der Waals surface area contributed by atoms with E-state index in [0.717, 1.165) is 14.8 Å². The van der Waals surface area contributed by atoms with E-state index in [-0.39, 0.29) is 0 Å².